The molecule has 0 saturated carbocycles. The molecule has 20 heavy (non-hydrogen) atoms. The fraction of sp³-hybridized carbons (Fsp3) is 0.214. The molecule has 2 aromatic carbocycles. The molecule has 0 spiro atoms. The van der Waals surface area contributed by atoms with Crippen molar-refractivity contribution >= 4 is 38.0 Å². The van der Waals surface area contributed by atoms with Gasteiger partial charge in [0.05, 0.1) is 9.88 Å². The van der Waals surface area contributed by atoms with Crippen molar-refractivity contribution in [2.75, 3.05) is 13.6 Å². The summed E-state index contributed by atoms with van der Waals surface area (Å²) < 4.78 is 26.5. The molecule has 2 aromatic rings. The molecule has 0 fully saturated rings. The van der Waals surface area contributed by atoms with Gasteiger partial charge in [0.15, 0.2) is 0 Å². The Kier molecular flexibility index (Phi) is 4.37. The van der Waals surface area contributed by atoms with E-state index in [0.29, 0.717) is 16.3 Å². The van der Waals surface area contributed by atoms with Gasteiger partial charge < -0.3 is 5.73 Å². The standard InChI is InChI=1S/C14H16N2O2S2/c1-16(10-9-14(15)19)20(17,18)13-8-4-6-11-5-2-3-7-12(11)13/h2-8H,9-10H2,1H3,(H2,15,19). The largest absolute Gasteiger partial charge is 0.393 e. The molecule has 0 saturated heterocycles. The normalized spacial score (nSPS) is 11.9. The number of thiocarbonyl (C=S) groups is 1. The van der Waals surface area contributed by atoms with Crippen LogP contribution in [0.2, 0.25) is 0 Å². The van der Waals surface area contributed by atoms with Crippen molar-refractivity contribution in [2.45, 2.75) is 11.3 Å². The molecule has 2 N–H and O–H groups in total. The van der Waals surface area contributed by atoms with Crippen molar-refractivity contribution in [3.63, 3.8) is 0 Å². The number of fused-ring (bicyclic) bond motifs is 1. The first-order valence-electron chi connectivity index (χ1n) is 6.15. The molecule has 4 nitrogen and oxygen atoms in total. The minimum absolute atomic E-state index is 0.279. The van der Waals surface area contributed by atoms with E-state index in [1.54, 1.807) is 12.1 Å². The van der Waals surface area contributed by atoms with Gasteiger partial charge in [0.2, 0.25) is 10.0 Å². The highest BCUT2D eigenvalue weighted by Crippen LogP contribution is 2.25. The number of rotatable bonds is 5. The van der Waals surface area contributed by atoms with Gasteiger partial charge >= 0.3 is 0 Å². The van der Waals surface area contributed by atoms with Crippen molar-refractivity contribution in [1.82, 2.24) is 4.31 Å². The number of hydrogen-bond donors (Lipinski definition) is 1. The van der Waals surface area contributed by atoms with E-state index >= 15 is 0 Å². The lowest BCUT2D eigenvalue weighted by Gasteiger charge is -2.18. The van der Waals surface area contributed by atoms with Crippen molar-refractivity contribution in [3.05, 3.63) is 42.5 Å². The summed E-state index contributed by atoms with van der Waals surface area (Å²) in [6.45, 7) is 0.279. The van der Waals surface area contributed by atoms with Gasteiger partial charge in [0, 0.05) is 25.4 Å². The first-order chi connectivity index (χ1) is 9.43. The highest BCUT2D eigenvalue weighted by Gasteiger charge is 2.22. The fourth-order valence-corrected chi connectivity index (χ4v) is 3.45. The minimum Gasteiger partial charge on any atom is -0.393 e. The van der Waals surface area contributed by atoms with Crippen LogP contribution >= 0.6 is 12.2 Å². The summed E-state index contributed by atoms with van der Waals surface area (Å²) in [6.07, 6.45) is 0.371. The lowest BCUT2D eigenvalue weighted by atomic mass is 10.1. The Balaban J connectivity index is 2.44. The summed E-state index contributed by atoms with van der Waals surface area (Å²) in [6, 6.07) is 12.7. The third kappa shape index (κ3) is 2.98. The quantitative estimate of drug-likeness (QED) is 0.860. The topological polar surface area (TPSA) is 63.4 Å². The summed E-state index contributed by atoms with van der Waals surface area (Å²) in [5.41, 5.74) is 5.42. The maximum Gasteiger partial charge on any atom is 0.243 e. The van der Waals surface area contributed by atoms with Crippen molar-refractivity contribution in [3.8, 4) is 0 Å². The summed E-state index contributed by atoms with van der Waals surface area (Å²) >= 11 is 4.79. The molecule has 0 amide bonds. The van der Waals surface area contributed by atoms with Crippen LogP contribution in [0.4, 0.5) is 0 Å². The molecule has 0 aliphatic heterocycles. The van der Waals surface area contributed by atoms with Crippen LogP contribution in [0.25, 0.3) is 10.8 Å². The van der Waals surface area contributed by atoms with E-state index in [1.165, 1.54) is 11.4 Å². The molecule has 0 aliphatic rings. The molecule has 0 atom stereocenters. The molecule has 2 rings (SSSR count). The predicted octanol–water partition coefficient (Wildman–Crippen LogP) is 2.14. The van der Waals surface area contributed by atoms with E-state index in [1.807, 2.05) is 30.3 Å². The number of hydrogen-bond acceptors (Lipinski definition) is 3. The average Bonchev–Trinajstić information content (AvgIpc) is 2.43. The molecule has 6 heteroatoms. The van der Waals surface area contributed by atoms with Crippen LogP contribution < -0.4 is 5.73 Å². The van der Waals surface area contributed by atoms with Crippen LogP contribution in [-0.4, -0.2) is 31.3 Å². The number of nitrogens with two attached hydrogens (primary N) is 1. The molecule has 0 aliphatic carbocycles. The zero-order valence-corrected chi connectivity index (χ0v) is 12.7. The van der Waals surface area contributed by atoms with E-state index in [4.69, 9.17) is 18.0 Å². The minimum atomic E-state index is -3.54. The third-order valence-corrected chi connectivity index (χ3v) is 5.23. The number of benzene rings is 2. The van der Waals surface area contributed by atoms with Crippen LogP contribution in [0.1, 0.15) is 6.42 Å². The van der Waals surface area contributed by atoms with Crippen molar-refractivity contribution in [1.29, 1.82) is 0 Å². The fourth-order valence-electron chi connectivity index (χ4n) is 1.98. The molecule has 0 radical (unpaired) electrons. The van der Waals surface area contributed by atoms with Crippen LogP contribution in [-0.2, 0) is 10.0 Å². The summed E-state index contributed by atoms with van der Waals surface area (Å²) in [4.78, 5) is 0.617. The number of sulfonamides is 1. The van der Waals surface area contributed by atoms with Gasteiger partial charge in [-0.05, 0) is 11.5 Å². The predicted molar refractivity (Wildman–Crippen MR) is 85.2 cm³/mol. The Labute approximate surface area is 124 Å². The van der Waals surface area contributed by atoms with Crippen LogP contribution in [0, 0.1) is 0 Å². The monoisotopic (exact) mass is 308 g/mol. The first-order valence-corrected chi connectivity index (χ1v) is 8.00. The molecular weight excluding hydrogens is 292 g/mol. The SMILES string of the molecule is CN(CCC(N)=S)S(=O)(=O)c1cccc2ccccc12. The zero-order chi connectivity index (χ0) is 14.8. The van der Waals surface area contributed by atoms with E-state index < -0.39 is 10.0 Å². The highest BCUT2D eigenvalue weighted by molar-refractivity contribution is 7.89. The summed E-state index contributed by atoms with van der Waals surface area (Å²) in [7, 11) is -2.01. The Morgan fingerprint density at radius 1 is 1.20 bits per heavy atom. The van der Waals surface area contributed by atoms with E-state index in [-0.39, 0.29) is 6.54 Å². The zero-order valence-electron chi connectivity index (χ0n) is 11.1. The van der Waals surface area contributed by atoms with E-state index in [2.05, 4.69) is 0 Å². The van der Waals surface area contributed by atoms with Gasteiger partial charge in [-0.1, -0.05) is 48.6 Å². The maximum absolute atomic E-state index is 12.6. The Morgan fingerprint density at radius 2 is 1.85 bits per heavy atom. The molecule has 106 valence electrons. The third-order valence-electron chi connectivity index (χ3n) is 3.11. The van der Waals surface area contributed by atoms with Crippen molar-refractivity contribution < 1.29 is 8.42 Å². The van der Waals surface area contributed by atoms with Crippen LogP contribution in [0.3, 0.4) is 0 Å². The second kappa shape index (κ2) is 5.87. The van der Waals surface area contributed by atoms with Gasteiger partial charge in [0.1, 0.15) is 0 Å². The van der Waals surface area contributed by atoms with Gasteiger partial charge in [-0.3, -0.25) is 0 Å². The first kappa shape index (κ1) is 14.9. The Bertz CT molecular complexity index is 736. The molecule has 0 aromatic heterocycles. The number of nitrogens with zero attached hydrogens (tertiary/aromatic N) is 1. The van der Waals surface area contributed by atoms with Gasteiger partial charge in [-0.15, -0.1) is 0 Å². The van der Waals surface area contributed by atoms with Crippen molar-refractivity contribution in [2.24, 2.45) is 5.73 Å². The average molecular weight is 308 g/mol. The van der Waals surface area contributed by atoms with Crippen LogP contribution in [0.5, 0.6) is 0 Å². The van der Waals surface area contributed by atoms with Gasteiger partial charge in [-0.25, -0.2) is 12.7 Å². The summed E-state index contributed by atoms with van der Waals surface area (Å²) in [5, 5.41) is 1.62. The molecular formula is C14H16N2O2S2. The Morgan fingerprint density at radius 3 is 2.55 bits per heavy atom. The lowest BCUT2D eigenvalue weighted by Crippen LogP contribution is -2.30. The molecule has 0 heterocycles. The lowest BCUT2D eigenvalue weighted by molar-refractivity contribution is 0.479. The molecule has 0 bridgehead atoms. The summed E-state index contributed by atoms with van der Waals surface area (Å²) in [5.74, 6) is 0. The van der Waals surface area contributed by atoms with Crippen LogP contribution in [0.15, 0.2) is 47.4 Å². The van der Waals surface area contributed by atoms with Gasteiger partial charge in [0.25, 0.3) is 0 Å². The maximum atomic E-state index is 12.6. The van der Waals surface area contributed by atoms with E-state index in [9.17, 15) is 8.42 Å². The molecule has 0 unspecified atom stereocenters. The van der Waals surface area contributed by atoms with Gasteiger partial charge in [-0.2, -0.15) is 0 Å². The smallest absolute Gasteiger partial charge is 0.243 e. The Hall–Kier alpha value is -1.50. The second-order valence-corrected chi connectivity index (χ2v) is 7.06. The van der Waals surface area contributed by atoms with E-state index in [0.717, 1.165) is 10.8 Å². The second-order valence-electron chi connectivity index (χ2n) is 4.52. The highest BCUT2D eigenvalue weighted by atomic mass is 32.2.